The van der Waals surface area contributed by atoms with E-state index in [1.807, 2.05) is 43.3 Å². The van der Waals surface area contributed by atoms with Crippen molar-refractivity contribution < 1.29 is 13.6 Å². The van der Waals surface area contributed by atoms with Gasteiger partial charge in [-0.05, 0) is 31.2 Å². The van der Waals surface area contributed by atoms with Crippen molar-refractivity contribution in [2.24, 2.45) is 0 Å². The number of carbonyl (C=O) groups is 1. The molecular formula is C27H23ClF2N6O. The molecule has 37 heavy (non-hydrogen) atoms. The van der Waals surface area contributed by atoms with Gasteiger partial charge >= 0.3 is 6.03 Å². The van der Waals surface area contributed by atoms with Gasteiger partial charge in [-0.1, -0.05) is 36.4 Å². The van der Waals surface area contributed by atoms with Gasteiger partial charge < -0.3 is 15.1 Å². The molecule has 1 fully saturated rings. The number of nitriles is 1. The molecule has 2 heterocycles. The summed E-state index contributed by atoms with van der Waals surface area (Å²) in [6, 6.07) is 19.7. The van der Waals surface area contributed by atoms with Gasteiger partial charge in [0.2, 0.25) is 0 Å². The SMILES string of the molecule is CC1CN(C(=O)Nc2ccc(F)cc2F)CCN1c1nnc(-c2ccc(C#N)cc2)c2ccccc12.Cl. The third kappa shape index (κ3) is 5.15. The van der Waals surface area contributed by atoms with Gasteiger partial charge in [0.05, 0.1) is 17.3 Å². The van der Waals surface area contributed by atoms with E-state index in [9.17, 15) is 13.6 Å². The molecule has 1 saturated heterocycles. The fourth-order valence-electron chi connectivity index (χ4n) is 4.46. The molecule has 5 rings (SSSR count). The largest absolute Gasteiger partial charge is 0.348 e. The van der Waals surface area contributed by atoms with Crippen LogP contribution in [0, 0.1) is 23.0 Å². The standard InChI is InChI=1S/C27H22F2N6O.ClH/c1-17-16-34(27(36)31-24-11-10-20(28)14-23(24)29)12-13-35(17)26-22-5-3-2-4-21(22)25(32-33-26)19-8-6-18(15-30)7-9-19;/h2-11,14,17H,12-13,16H2,1H3,(H,31,36);1H. The first-order chi connectivity index (χ1) is 17.4. The maximum absolute atomic E-state index is 14.0. The molecule has 4 aromatic rings. The molecule has 1 N–H and O–H groups in total. The Labute approximate surface area is 218 Å². The van der Waals surface area contributed by atoms with Crippen LogP contribution in [0.15, 0.2) is 66.7 Å². The predicted octanol–water partition coefficient (Wildman–Crippen LogP) is 5.61. The summed E-state index contributed by atoms with van der Waals surface area (Å²) in [5, 5.41) is 22.6. The highest BCUT2D eigenvalue weighted by Gasteiger charge is 2.29. The van der Waals surface area contributed by atoms with Gasteiger partial charge in [-0.15, -0.1) is 22.6 Å². The summed E-state index contributed by atoms with van der Waals surface area (Å²) in [6.07, 6.45) is 0. The highest BCUT2D eigenvalue weighted by Crippen LogP contribution is 2.33. The molecule has 0 aliphatic carbocycles. The zero-order chi connectivity index (χ0) is 25.2. The first kappa shape index (κ1) is 25.8. The fourth-order valence-corrected chi connectivity index (χ4v) is 4.46. The number of benzene rings is 3. The van der Waals surface area contributed by atoms with E-state index in [4.69, 9.17) is 5.26 Å². The zero-order valence-electron chi connectivity index (χ0n) is 19.9. The number of nitrogens with one attached hydrogen (secondary N) is 1. The van der Waals surface area contributed by atoms with Crippen molar-refractivity contribution in [3.05, 3.63) is 83.9 Å². The van der Waals surface area contributed by atoms with Crippen LogP contribution < -0.4 is 10.2 Å². The molecule has 1 aromatic heterocycles. The van der Waals surface area contributed by atoms with Gasteiger partial charge in [-0.25, -0.2) is 13.6 Å². The van der Waals surface area contributed by atoms with Crippen LogP contribution in [0.5, 0.6) is 0 Å². The molecule has 0 saturated carbocycles. The number of carbonyl (C=O) groups excluding carboxylic acids is 1. The lowest BCUT2D eigenvalue weighted by Crippen LogP contribution is -2.55. The fraction of sp³-hybridized carbons (Fsp3) is 0.185. The predicted molar refractivity (Wildman–Crippen MR) is 141 cm³/mol. The molecule has 3 aromatic carbocycles. The number of halogens is 3. The lowest BCUT2D eigenvalue weighted by molar-refractivity contribution is 0.200. The third-order valence-corrected chi connectivity index (χ3v) is 6.31. The second-order valence-electron chi connectivity index (χ2n) is 8.65. The minimum Gasteiger partial charge on any atom is -0.348 e. The van der Waals surface area contributed by atoms with Crippen LogP contribution in [-0.4, -0.2) is 46.8 Å². The van der Waals surface area contributed by atoms with Crippen LogP contribution in [0.4, 0.5) is 25.1 Å². The molecule has 188 valence electrons. The van der Waals surface area contributed by atoms with E-state index in [0.717, 1.165) is 40.0 Å². The van der Waals surface area contributed by atoms with Crippen LogP contribution in [0.2, 0.25) is 0 Å². The summed E-state index contributed by atoms with van der Waals surface area (Å²) in [4.78, 5) is 16.5. The summed E-state index contributed by atoms with van der Waals surface area (Å²) in [5.74, 6) is -0.800. The van der Waals surface area contributed by atoms with E-state index in [1.165, 1.54) is 6.07 Å². The number of hydrogen-bond donors (Lipinski definition) is 1. The molecule has 1 aliphatic rings. The molecule has 10 heteroatoms. The van der Waals surface area contributed by atoms with Crippen molar-refractivity contribution in [2.45, 2.75) is 13.0 Å². The van der Waals surface area contributed by atoms with Gasteiger partial charge in [0, 0.05) is 48.1 Å². The second-order valence-corrected chi connectivity index (χ2v) is 8.65. The average molecular weight is 521 g/mol. The minimum atomic E-state index is -0.820. The maximum atomic E-state index is 14.0. The van der Waals surface area contributed by atoms with Gasteiger partial charge in [0.1, 0.15) is 17.3 Å². The number of urea groups is 1. The van der Waals surface area contributed by atoms with Crippen LogP contribution in [0.3, 0.4) is 0 Å². The summed E-state index contributed by atoms with van der Waals surface area (Å²) in [7, 11) is 0. The van der Waals surface area contributed by atoms with E-state index < -0.39 is 17.7 Å². The van der Waals surface area contributed by atoms with Crippen molar-refractivity contribution >= 4 is 40.7 Å². The number of amides is 2. The Balaban J connectivity index is 0.00000320. The van der Waals surface area contributed by atoms with E-state index in [0.29, 0.717) is 25.2 Å². The van der Waals surface area contributed by atoms with Crippen LogP contribution in [0.1, 0.15) is 12.5 Å². The van der Waals surface area contributed by atoms with Crippen LogP contribution in [0.25, 0.3) is 22.0 Å². The van der Waals surface area contributed by atoms with Gasteiger partial charge in [-0.2, -0.15) is 5.26 Å². The highest BCUT2D eigenvalue weighted by atomic mass is 35.5. The number of aromatic nitrogens is 2. The Morgan fingerprint density at radius 1 is 1.03 bits per heavy atom. The summed E-state index contributed by atoms with van der Waals surface area (Å²) in [5.41, 5.74) is 2.11. The topological polar surface area (TPSA) is 85.2 Å². The Morgan fingerprint density at radius 3 is 2.43 bits per heavy atom. The monoisotopic (exact) mass is 520 g/mol. The number of hydrogen-bond acceptors (Lipinski definition) is 5. The molecule has 1 atom stereocenters. The molecule has 0 spiro atoms. The smallest absolute Gasteiger partial charge is 0.322 e. The van der Waals surface area contributed by atoms with Gasteiger partial charge in [-0.3, -0.25) is 0 Å². The van der Waals surface area contributed by atoms with Crippen molar-refractivity contribution in [1.82, 2.24) is 15.1 Å². The van der Waals surface area contributed by atoms with E-state index in [1.54, 1.807) is 17.0 Å². The summed E-state index contributed by atoms with van der Waals surface area (Å²) in [6.45, 7) is 3.28. The molecular weight excluding hydrogens is 498 g/mol. The summed E-state index contributed by atoms with van der Waals surface area (Å²) < 4.78 is 27.1. The molecule has 1 aliphatic heterocycles. The van der Waals surface area contributed by atoms with Crippen molar-refractivity contribution in [3.63, 3.8) is 0 Å². The van der Waals surface area contributed by atoms with Gasteiger partial charge in [0.15, 0.2) is 5.82 Å². The summed E-state index contributed by atoms with van der Waals surface area (Å²) >= 11 is 0. The molecule has 7 nitrogen and oxygen atoms in total. The van der Waals surface area contributed by atoms with E-state index in [-0.39, 0.29) is 24.1 Å². The number of nitrogens with zero attached hydrogens (tertiary/aromatic N) is 5. The normalized spacial score (nSPS) is 15.1. The number of fused-ring (bicyclic) bond motifs is 1. The quantitative estimate of drug-likeness (QED) is 0.379. The van der Waals surface area contributed by atoms with E-state index in [2.05, 4.69) is 26.5 Å². The third-order valence-electron chi connectivity index (χ3n) is 6.31. The number of anilines is 2. The molecule has 2 amide bonds. The van der Waals surface area contributed by atoms with Crippen molar-refractivity contribution in [2.75, 3.05) is 29.9 Å². The Hall–Kier alpha value is -4.29. The Morgan fingerprint density at radius 2 is 1.76 bits per heavy atom. The number of piperazine rings is 1. The highest BCUT2D eigenvalue weighted by molar-refractivity contribution is 6.00. The number of rotatable bonds is 3. The Kier molecular flexibility index (Phi) is 7.50. The van der Waals surface area contributed by atoms with Crippen LogP contribution >= 0.6 is 12.4 Å². The zero-order valence-corrected chi connectivity index (χ0v) is 20.7. The van der Waals surface area contributed by atoms with Crippen molar-refractivity contribution in [1.29, 1.82) is 5.26 Å². The van der Waals surface area contributed by atoms with Gasteiger partial charge in [0.25, 0.3) is 0 Å². The maximum Gasteiger partial charge on any atom is 0.322 e. The van der Waals surface area contributed by atoms with Crippen LogP contribution in [-0.2, 0) is 0 Å². The Bertz CT molecular complexity index is 1490. The minimum absolute atomic E-state index is 0. The second kappa shape index (κ2) is 10.8. The van der Waals surface area contributed by atoms with E-state index >= 15 is 0 Å². The lowest BCUT2D eigenvalue weighted by Gasteiger charge is -2.40. The molecule has 1 unspecified atom stereocenters. The lowest BCUT2D eigenvalue weighted by atomic mass is 10.0. The first-order valence-corrected chi connectivity index (χ1v) is 11.5. The molecule has 0 radical (unpaired) electrons. The first-order valence-electron chi connectivity index (χ1n) is 11.5. The van der Waals surface area contributed by atoms with Crippen molar-refractivity contribution in [3.8, 4) is 17.3 Å². The average Bonchev–Trinajstić information content (AvgIpc) is 2.90. The molecule has 0 bridgehead atoms.